The number of carbonyl (C=O) groups is 2. The Morgan fingerprint density at radius 3 is 2.32 bits per heavy atom. The van der Waals surface area contributed by atoms with Crippen LogP contribution in [0.15, 0.2) is 10.9 Å². The molecule has 1 aromatic heterocycles. The molecule has 2 heterocycles. The Labute approximate surface area is 128 Å². The van der Waals surface area contributed by atoms with E-state index in [9.17, 15) is 14.4 Å². The maximum absolute atomic E-state index is 12.2. The summed E-state index contributed by atoms with van der Waals surface area (Å²) in [5, 5.41) is 0. The lowest BCUT2D eigenvalue weighted by Gasteiger charge is -2.33. The number of urea groups is 1. The first-order valence-electron chi connectivity index (χ1n) is 7.25. The van der Waals surface area contributed by atoms with Crippen LogP contribution in [0.25, 0.3) is 0 Å². The first kappa shape index (κ1) is 16.0. The van der Waals surface area contributed by atoms with Crippen molar-refractivity contribution >= 4 is 11.9 Å². The third-order valence-corrected chi connectivity index (χ3v) is 3.84. The van der Waals surface area contributed by atoms with E-state index in [-0.39, 0.29) is 18.0 Å². The molecule has 0 aromatic carbocycles. The van der Waals surface area contributed by atoms with Crippen LogP contribution in [-0.2, 0) is 11.3 Å². The summed E-state index contributed by atoms with van der Waals surface area (Å²) in [6.07, 6.45) is 0.238. The number of aryl methyl sites for hydroxylation is 2. The van der Waals surface area contributed by atoms with Gasteiger partial charge in [-0.05, 0) is 19.9 Å². The van der Waals surface area contributed by atoms with Gasteiger partial charge in [0.25, 0.3) is 0 Å². The Morgan fingerprint density at radius 2 is 1.77 bits per heavy atom. The average molecular weight is 307 g/mol. The molecular formula is C14H21N5O3. The highest BCUT2D eigenvalue weighted by atomic mass is 16.2. The molecule has 0 bridgehead atoms. The number of amides is 3. The normalized spacial score (nSPS) is 15.0. The number of aromatic nitrogens is 2. The van der Waals surface area contributed by atoms with E-state index in [0.29, 0.717) is 38.4 Å². The molecular weight excluding hydrogens is 286 g/mol. The fourth-order valence-electron chi connectivity index (χ4n) is 2.59. The second-order valence-electron chi connectivity index (χ2n) is 5.43. The van der Waals surface area contributed by atoms with Gasteiger partial charge in [0.15, 0.2) is 0 Å². The van der Waals surface area contributed by atoms with Crippen molar-refractivity contribution < 1.29 is 9.59 Å². The molecule has 1 fully saturated rings. The molecule has 1 aliphatic rings. The molecule has 0 aliphatic carbocycles. The van der Waals surface area contributed by atoms with Crippen molar-refractivity contribution in [2.45, 2.75) is 26.8 Å². The second kappa shape index (κ2) is 6.59. The number of nitrogens with two attached hydrogens (primary N) is 1. The zero-order chi connectivity index (χ0) is 16.3. The zero-order valence-electron chi connectivity index (χ0n) is 12.9. The van der Waals surface area contributed by atoms with Crippen LogP contribution in [0.2, 0.25) is 0 Å². The van der Waals surface area contributed by atoms with E-state index in [0.717, 1.165) is 5.69 Å². The Morgan fingerprint density at radius 1 is 1.18 bits per heavy atom. The van der Waals surface area contributed by atoms with Gasteiger partial charge in [0.1, 0.15) is 0 Å². The van der Waals surface area contributed by atoms with Crippen LogP contribution in [0.4, 0.5) is 4.79 Å². The number of piperazine rings is 1. The first-order chi connectivity index (χ1) is 10.4. The summed E-state index contributed by atoms with van der Waals surface area (Å²) >= 11 is 0. The van der Waals surface area contributed by atoms with Gasteiger partial charge >= 0.3 is 11.7 Å². The molecule has 22 heavy (non-hydrogen) atoms. The molecule has 8 heteroatoms. The highest BCUT2D eigenvalue weighted by Crippen LogP contribution is 2.05. The molecule has 8 nitrogen and oxygen atoms in total. The molecule has 2 rings (SSSR count). The lowest BCUT2D eigenvalue weighted by atomic mass is 10.2. The average Bonchev–Trinajstić information content (AvgIpc) is 2.46. The van der Waals surface area contributed by atoms with Gasteiger partial charge in [-0.3, -0.25) is 9.36 Å². The molecule has 0 radical (unpaired) electrons. The summed E-state index contributed by atoms with van der Waals surface area (Å²) in [7, 11) is 0. The molecule has 0 spiro atoms. The van der Waals surface area contributed by atoms with Gasteiger partial charge < -0.3 is 15.5 Å². The third kappa shape index (κ3) is 3.63. The molecule has 1 saturated heterocycles. The number of primary amides is 1. The summed E-state index contributed by atoms with van der Waals surface area (Å²) in [4.78, 5) is 42.2. The molecule has 1 aliphatic heterocycles. The maximum Gasteiger partial charge on any atom is 0.347 e. The smallest absolute Gasteiger partial charge is 0.347 e. The second-order valence-corrected chi connectivity index (χ2v) is 5.43. The van der Waals surface area contributed by atoms with Gasteiger partial charge in [-0.25, -0.2) is 9.59 Å². The van der Waals surface area contributed by atoms with Crippen molar-refractivity contribution in [2.75, 3.05) is 26.2 Å². The third-order valence-electron chi connectivity index (χ3n) is 3.84. The van der Waals surface area contributed by atoms with Crippen LogP contribution in [0.1, 0.15) is 17.8 Å². The van der Waals surface area contributed by atoms with E-state index >= 15 is 0 Å². The van der Waals surface area contributed by atoms with Crippen LogP contribution in [0, 0.1) is 13.8 Å². The maximum atomic E-state index is 12.2. The number of nitrogens with zero attached hydrogens (tertiary/aromatic N) is 4. The number of rotatable bonds is 3. The van der Waals surface area contributed by atoms with Crippen molar-refractivity contribution in [1.82, 2.24) is 19.4 Å². The first-order valence-corrected chi connectivity index (χ1v) is 7.25. The van der Waals surface area contributed by atoms with Crippen molar-refractivity contribution in [1.29, 1.82) is 0 Å². The van der Waals surface area contributed by atoms with Gasteiger partial charge in [-0.2, -0.15) is 4.98 Å². The number of hydrogen-bond donors (Lipinski definition) is 1. The highest BCUT2D eigenvalue weighted by Gasteiger charge is 2.22. The van der Waals surface area contributed by atoms with Crippen LogP contribution >= 0.6 is 0 Å². The predicted molar refractivity (Wildman–Crippen MR) is 80.3 cm³/mol. The summed E-state index contributed by atoms with van der Waals surface area (Å²) in [6.45, 7) is 5.75. The zero-order valence-corrected chi connectivity index (χ0v) is 12.9. The fraction of sp³-hybridized carbons (Fsp3) is 0.571. The summed E-state index contributed by atoms with van der Waals surface area (Å²) in [6, 6.07) is 1.36. The van der Waals surface area contributed by atoms with E-state index in [1.807, 2.05) is 13.0 Å². The van der Waals surface area contributed by atoms with Crippen molar-refractivity contribution in [2.24, 2.45) is 5.73 Å². The SMILES string of the molecule is Cc1cc(C)n(CCC(=O)N2CCN(C(N)=O)CC2)c(=O)n1. The van der Waals surface area contributed by atoms with E-state index in [4.69, 9.17) is 5.73 Å². The molecule has 120 valence electrons. The summed E-state index contributed by atoms with van der Waals surface area (Å²) in [5.74, 6) is -0.0315. The number of carbonyl (C=O) groups excluding carboxylic acids is 2. The van der Waals surface area contributed by atoms with Gasteiger partial charge in [0.05, 0.1) is 0 Å². The molecule has 1 aromatic rings. The lowest BCUT2D eigenvalue weighted by molar-refractivity contribution is -0.132. The molecule has 2 N–H and O–H groups in total. The lowest BCUT2D eigenvalue weighted by Crippen LogP contribution is -2.52. The molecule has 0 unspecified atom stereocenters. The Balaban J connectivity index is 1.92. The fourth-order valence-corrected chi connectivity index (χ4v) is 2.59. The minimum atomic E-state index is -0.458. The standard InChI is InChI=1S/C14H21N5O3/c1-10-9-11(2)19(14(22)16-10)4-3-12(20)17-5-7-18(8-6-17)13(15)21/h9H,3-8H2,1-2H3,(H2,15,21). The highest BCUT2D eigenvalue weighted by molar-refractivity contribution is 5.77. The van der Waals surface area contributed by atoms with Gasteiger partial charge in [-0.15, -0.1) is 0 Å². The monoisotopic (exact) mass is 307 g/mol. The summed E-state index contributed by atoms with van der Waals surface area (Å²) < 4.78 is 1.50. The Hall–Kier alpha value is -2.38. The largest absolute Gasteiger partial charge is 0.351 e. The van der Waals surface area contributed by atoms with Crippen molar-refractivity contribution in [3.63, 3.8) is 0 Å². The van der Waals surface area contributed by atoms with E-state index in [2.05, 4.69) is 4.98 Å². The van der Waals surface area contributed by atoms with Crippen LogP contribution in [0.5, 0.6) is 0 Å². The molecule has 0 atom stereocenters. The number of hydrogen-bond acceptors (Lipinski definition) is 4. The molecule has 0 saturated carbocycles. The minimum absolute atomic E-state index is 0.0315. The topological polar surface area (TPSA) is 102 Å². The van der Waals surface area contributed by atoms with E-state index in [1.54, 1.807) is 11.8 Å². The summed E-state index contributed by atoms with van der Waals surface area (Å²) in [5.41, 5.74) is 6.35. The Kier molecular flexibility index (Phi) is 4.79. The molecule has 3 amide bonds. The quantitative estimate of drug-likeness (QED) is 0.811. The minimum Gasteiger partial charge on any atom is -0.351 e. The van der Waals surface area contributed by atoms with Crippen molar-refractivity contribution in [3.8, 4) is 0 Å². The predicted octanol–water partition coefficient (Wildman–Crippen LogP) is -0.527. The van der Waals surface area contributed by atoms with Crippen LogP contribution in [-0.4, -0.2) is 57.5 Å². The van der Waals surface area contributed by atoms with Gasteiger partial charge in [0.2, 0.25) is 5.91 Å². The van der Waals surface area contributed by atoms with Gasteiger partial charge in [0, 0.05) is 50.5 Å². The van der Waals surface area contributed by atoms with Crippen molar-refractivity contribution in [3.05, 3.63) is 27.9 Å². The van der Waals surface area contributed by atoms with E-state index < -0.39 is 6.03 Å². The van der Waals surface area contributed by atoms with E-state index in [1.165, 1.54) is 9.47 Å². The van der Waals surface area contributed by atoms with Gasteiger partial charge in [-0.1, -0.05) is 0 Å². The van der Waals surface area contributed by atoms with Crippen LogP contribution < -0.4 is 11.4 Å². The van der Waals surface area contributed by atoms with Crippen LogP contribution in [0.3, 0.4) is 0 Å². The Bertz CT molecular complexity index is 632.